The van der Waals surface area contributed by atoms with Gasteiger partial charge < -0.3 is 14.7 Å². The Kier molecular flexibility index (Phi) is 7.33. The van der Waals surface area contributed by atoms with Crippen LogP contribution in [0.4, 0.5) is 13.2 Å². The van der Waals surface area contributed by atoms with Gasteiger partial charge in [0.2, 0.25) is 5.91 Å². The maximum Gasteiger partial charge on any atom is 0.406 e. The van der Waals surface area contributed by atoms with Crippen molar-refractivity contribution in [2.75, 3.05) is 26.3 Å². The average Bonchev–Trinajstić information content (AvgIpc) is 2.20. The van der Waals surface area contributed by atoms with Gasteiger partial charge in [-0.3, -0.25) is 9.59 Å². The van der Waals surface area contributed by atoms with Crippen LogP contribution in [0.2, 0.25) is 0 Å². The van der Waals surface area contributed by atoms with Crippen molar-refractivity contribution in [3.63, 3.8) is 0 Å². The summed E-state index contributed by atoms with van der Waals surface area (Å²) in [7, 11) is 0. The fraction of sp³-hybridized carbons (Fsp3) is 0.800. The van der Waals surface area contributed by atoms with Gasteiger partial charge in [-0.25, -0.2) is 0 Å². The van der Waals surface area contributed by atoms with E-state index in [0.29, 0.717) is 11.5 Å². The monoisotopic (exact) mass is 271 g/mol. The Hall–Kier alpha value is -1.31. The molecule has 8 heteroatoms. The molecule has 0 saturated heterocycles. The Labute approximate surface area is 103 Å². The van der Waals surface area contributed by atoms with Crippen LogP contribution in [0.15, 0.2) is 0 Å². The molecule has 1 amide bonds. The summed E-state index contributed by atoms with van der Waals surface area (Å²) >= 11 is 0. The molecule has 0 spiro atoms. The van der Waals surface area contributed by atoms with Gasteiger partial charge in [-0.2, -0.15) is 13.2 Å². The molecule has 0 aliphatic carbocycles. The number of amides is 1. The highest BCUT2D eigenvalue weighted by atomic mass is 19.4. The van der Waals surface area contributed by atoms with Gasteiger partial charge in [0.25, 0.3) is 0 Å². The highest BCUT2D eigenvalue weighted by Gasteiger charge is 2.33. The zero-order valence-corrected chi connectivity index (χ0v) is 10.00. The quantitative estimate of drug-likeness (QED) is 0.533. The standard InChI is InChI=1S/C10H16F3NO4/c1-2-18-5-3-4-14(7-10(11,12)13)8(15)6-9(16)17/h2-7H2,1H3,(H,16,17). The molecule has 5 nitrogen and oxygen atoms in total. The first-order valence-electron chi connectivity index (χ1n) is 5.40. The molecule has 0 fully saturated rings. The molecule has 0 bridgehead atoms. The van der Waals surface area contributed by atoms with Crippen molar-refractivity contribution in [2.45, 2.75) is 25.9 Å². The van der Waals surface area contributed by atoms with E-state index in [4.69, 9.17) is 9.84 Å². The van der Waals surface area contributed by atoms with Crippen molar-refractivity contribution < 1.29 is 32.6 Å². The van der Waals surface area contributed by atoms with E-state index in [2.05, 4.69) is 0 Å². The van der Waals surface area contributed by atoms with Gasteiger partial charge in [0.15, 0.2) is 0 Å². The summed E-state index contributed by atoms with van der Waals surface area (Å²) in [4.78, 5) is 22.1. The first kappa shape index (κ1) is 16.7. The number of carbonyl (C=O) groups excluding carboxylic acids is 1. The number of ether oxygens (including phenoxy) is 1. The van der Waals surface area contributed by atoms with Crippen LogP contribution in [-0.4, -0.2) is 54.4 Å². The van der Waals surface area contributed by atoms with Gasteiger partial charge >= 0.3 is 12.1 Å². The molecule has 0 unspecified atom stereocenters. The molecule has 0 radical (unpaired) electrons. The van der Waals surface area contributed by atoms with Gasteiger partial charge in [0, 0.05) is 19.8 Å². The summed E-state index contributed by atoms with van der Waals surface area (Å²) < 4.78 is 41.6. The Balaban J connectivity index is 4.33. The lowest BCUT2D eigenvalue weighted by atomic mass is 10.3. The van der Waals surface area contributed by atoms with E-state index in [1.807, 2.05) is 0 Å². The van der Waals surface area contributed by atoms with Gasteiger partial charge in [-0.1, -0.05) is 0 Å². The van der Waals surface area contributed by atoms with Gasteiger partial charge in [-0.15, -0.1) is 0 Å². The third-order valence-electron chi connectivity index (χ3n) is 1.95. The normalized spacial score (nSPS) is 11.3. The predicted molar refractivity (Wildman–Crippen MR) is 56.0 cm³/mol. The lowest BCUT2D eigenvalue weighted by Gasteiger charge is -2.23. The Morgan fingerprint density at radius 3 is 2.39 bits per heavy atom. The van der Waals surface area contributed by atoms with Crippen LogP contribution < -0.4 is 0 Å². The molecule has 0 aliphatic heterocycles. The highest BCUT2D eigenvalue weighted by molar-refractivity contribution is 5.93. The number of aliphatic carboxylic acids is 1. The summed E-state index contributed by atoms with van der Waals surface area (Å²) in [6.07, 6.45) is -5.25. The molecule has 0 rings (SSSR count). The molecular formula is C10H16F3NO4. The van der Waals surface area contributed by atoms with E-state index < -0.39 is 31.0 Å². The number of carboxylic acid groups (broad SMARTS) is 1. The molecule has 106 valence electrons. The fourth-order valence-electron chi connectivity index (χ4n) is 1.25. The minimum absolute atomic E-state index is 0.175. The summed E-state index contributed by atoms with van der Waals surface area (Å²) in [6, 6.07) is 0. The smallest absolute Gasteiger partial charge is 0.406 e. The van der Waals surface area contributed by atoms with Crippen LogP contribution in [0, 0.1) is 0 Å². The zero-order chi connectivity index (χ0) is 14.2. The lowest BCUT2D eigenvalue weighted by molar-refractivity contribution is -0.164. The topological polar surface area (TPSA) is 66.8 Å². The maximum atomic E-state index is 12.2. The molecule has 1 N–H and O–H groups in total. The van der Waals surface area contributed by atoms with E-state index in [-0.39, 0.29) is 19.6 Å². The van der Waals surface area contributed by atoms with E-state index in [1.54, 1.807) is 6.92 Å². The SMILES string of the molecule is CCOCCCN(CC(F)(F)F)C(=O)CC(=O)O. The van der Waals surface area contributed by atoms with Crippen LogP contribution in [-0.2, 0) is 14.3 Å². The van der Waals surface area contributed by atoms with Crippen LogP contribution in [0.1, 0.15) is 19.8 Å². The number of alkyl halides is 3. The first-order chi connectivity index (χ1) is 8.26. The molecule has 0 heterocycles. The minimum Gasteiger partial charge on any atom is -0.481 e. The molecule has 18 heavy (non-hydrogen) atoms. The Bertz CT molecular complexity index is 281. The minimum atomic E-state index is -4.54. The summed E-state index contributed by atoms with van der Waals surface area (Å²) in [5, 5.41) is 8.39. The summed E-state index contributed by atoms with van der Waals surface area (Å²) in [5.41, 5.74) is 0. The second kappa shape index (κ2) is 7.91. The second-order valence-corrected chi connectivity index (χ2v) is 3.55. The van der Waals surface area contributed by atoms with Crippen LogP contribution in [0.5, 0.6) is 0 Å². The van der Waals surface area contributed by atoms with Crippen LogP contribution in [0.25, 0.3) is 0 Å². The molecule has 0 aromatic rings. The van der Waals surface area contributed by atoms with E-state index in [1.165, 1.54) is 0 Å². The van der Waals surface area contributed by atoms with Gasteiger partial charge in [0.1, 0.15) is 13.0 Å². The zero-order valence-electron chi connectivity index (χ0n) is 10.00. The molecule has 0 saturated carbocycles. The van der Waals surface area contributed by atoms with Crippen molar-refractivity contribution in [3.8, 4) is 0 Å². The average molecular weight is 271 g/mol. The van der Waals surface area contributed by atoms with E-state index in [0.717, 1.165) is 0 Å². The number of halogens is 3. The third-order valence-corrected chi connectivity index (χ3v) is 1.95. The highest BCUT2D eigenvalue weighted by Crippen LogP contribution is 2.17. The van der Waals surface area contributed by atoms with Crippen molar-refractivity contribution in [3.05, 3.63) is 0 Å². The predicted octanol–water partition coefficient (Wildman–Crippen LogP) is 1.28. The second-order valence-electron chi connectivity index (χ2n) is 3.55. The fourth-order valence-corrected chi connectivity index (χ4v) is 1.25. The third kappa shape index (κ3) is 8.80. The molecule has 0 aliphatic rings. The molecule has 0 atom stereocenters. The van der Waals surface area contributed by atoms with Crippen molar-refractivity contribution in [2.24, 2.45) is 0 Å². The van der Waals surface area contributed by atoms with Gasteiger partial charge in [-0.05, 0) is 13.3 Å². The summed E-state index contributed by atoms with van der Waals surface area (Å²) in [6.45, 7) is 0.785. The number of carbonyl (C=O) groups is 2. The Morgan fingerprint density at radius 2 is 1.94 bits per heavy atom. The number of nitrogens with zero attached hydrogens (tertiary/aromatic N) is 1. The van der Waals surface area contributed by atoms with Gasteiger partial charge in [0.05, 0.1) is 0 Å². The maximum absolute atomic E-state index is 12.2. The van der Waals surface area contributed by atoms with E-state index >= 15 is 0 Å². The Morgan fingerprint density at radius 1 is 1.33 bits per heavy atom. The van der Waals surface area contributed by atoms with Crippen LogP contribution in [0.3, 0.4) is 0 Å². The van der Waals surface area contributed by atoms with Crippen LogP contribution >= 0.6 is 0 Å². The first-order valence-corrected chi connectivity index (χ1v) is 5.40. The van der Waals surface area contributed by atoms with E-state index in [9.17, 15) is 22.8 Å². The number of carboxylic acids is 1. The lowest BCUT2D eigenvalue weighted by Crippen LogP contribution is -2.40. The molecule has 0 aromatic heterocycles. The van der Waals surface area contributed by atoms with Crippen molar-refractivity contribution in [1.82, 2.24) is 4.90 Å². The number of hydrogen-bond acceptors (Lipinski definition) is 3. The summed E-state index contributed by atoms with van der Waals surface area (Å²) in [5.74, 6) is -2.49. The molecular weight excluding hydrogens is 255 g/mol. The van der Waals surface area contributed by atoms with Crippen molar-refractivity contribution >= 4 is 11.9 Å². The van der Waals surface area contributed by atoms with Crippen molar-refractivity contribution in [1.29, 1.82) is 0 Å². The number of hydrogen-bond donors (Lipinski definition) is 1. The molecule has 0 aromatic carbocycles. The number of rotatable bonds is 8. The largest absolute Gasteiger partial charge is 0.481 e.